The number of benzene rings is 1. The van der Waals surface area contributed by atoms with E-state index in [0.717, 1.165) is 23.4 Å². The maximum absolute atomic E-state index is 12.2. The fourth-order valence-electron chi connectivity index (χ4n) is 2.91. The summed E-state index contributed by atoms with van der Waals surface area (Å²) in [7, 11) is 0. The number of nitrogens with zero attached hydrogens (tertiary/aromatic N) is 5. The van der Waals surface area contributed by atoms with E-state index in [9.17, 15) is 4.79 Å². The highest BCUT2D eigenvalue weighted by atomic mass is 16.5. The van der Waals surface area contributed by atoms with Gasteiger partial charge in [-0.05, 0) is 31.5 Å². The quantitative estimate of drug-likeness (QED) is 0.414. The second-order valence-corrected chi connectivity index (χ2v) is 5.73. The van der Waals surface area contributed by atoms with Crippen molar-refractivity contribution in [3.05, 3.63) is 60.3 Å². The third-order valence-electron chi connectivity index (χ3n) is 4.10. The second-order valence-electron chi connectivity index (χ2n) is 5.73. The molecule has 0 saturated carbocycles. The van der Waals surface area contributed by atoms with E-state index in [0.29, 0.717) is 24.2 Å². The Bertz CT molecular complexity index is 1050. The van der Waals surface area contributed by atoms with Crippen molar-refractivity contribution in [1.82, 2.24) is 24.1 Å². The molecule has 7 nitrogen and oxygen atoms in total. The van der Waals surface area contributed by atoms with Gasteiger partial charge in [-0.2, -0.15) is 5.10 Å². The lowest BCUT2D eigenvalue weighted by Crippen LogP contribution is -2.09. The Morgan fingerprint density at radius 3 is 3.04 bits per heavy atom. The zero-order chi connectivity index (χ0) is 17.2. The predicted octanol–water partition coefficient (Wildman–Crippen LogP) is 2.63. The van der Waals surface area contributed by atoms with Gasteiger partial charge < -0.3 is 9.30 Å². The second kappa shape index (κ2) is 6.35. The van der Waals surface area contributed by atoms with Gasteiger partial charge in [0, 0.05) is 18.9 Å². The van der Waals surface area contributed by atoms with E-state index in [-0.39, 0.29) is 0 Å². The average Bonchev–Trinajstić information content (AvgIpc) is 3.19. The summed E-state index contributed by atoms with van der Waals surface area (Å²) in [6.07, 6.45) is 5.56. The molecule has 1 aromatic carbocycles. The minimum atomic E-state index is -0.402. The summed E-state index contributed by atoms with van der Waals surface area (Å²) < 4.78 is 9.07. The first-order chi connectivity index (χ1) is 12.2. The predicted molar refractivity (Wildman–Crippen MR) is 92.4 cm³/mol. The van der Waals surface area contributed by atoms with Crippen LogP contribution >= 0.6 is 0 Å². The molecule has 3 aromatic heterocycles. The van der Waals surface area contributed by atoms with Crippen LogP contribution in [-0.4, -0.2) is 36.7 Å². The number of hydrogen-bond acceptors (Lipinski definition) is 5. The Morgan fingerprint density at radius 1 is 1.24 bits per heavy atom. The number of imidazole rings is 1. The van der Waals surface area contributed by atoms with Crippen molar-refractivity contribution < 1.29 is 9.53 Å². The van der Waals surface area contributed by atoms with Gasteiger partial charge in [0.25, 0.3) is 0 Å². The van der Waals surface area contributed by atoms with Crippen LogP contribution in [0.25, 0.3) is 16.7 Å². The number of rotatable bonds is 5. The molecule has 0 aliphatic carbocycles. The van der Waals surface area contributed by atoms with Crippen molar-refractivity contribution in [1.29, 1.82) is 0 Å². The summed E-state index contributed by atoms with van der Waals surface area (Å²) in [4.78, 5) is 20.9. The van der Waals surface area contributed by atoms with Gasteiger partial charge in [-0.3, -0.25) is 0 Å². The van der Waals surface area contributed by atoms with E-state index in [1.54, 1.807) is 23.0 Å². The van der Waals surface area contributed by atoms with Crippen LogP contribution in [-0.2, 0) is 11.3 Å². The number of aromatic nitrogens is 5. The summed E-state index contributed by atoms with van der Waals surface area (Å²) in [5, 5.41) is 4.10. The van der Waals surface area contributed by atoms with Crippen LogP contribution in [0.2, 0.25) is 0 Å². The summed E-state index contributed by atoms with van der Waals surface area (Å²) >= 11 is 0. The van der Waals surface area contributed by atoms with Crippen LogP contribution < -0.4 is 0 Å². The highest BCUT2D eigenvalue weighted by Gasteiger charge is 2.15. The fraction of sp³-hybridized carbons (Fsp3) is 0.222. The summed E-state index contributed by atoms with van der Waals surface area (Å²) in [5.74, 6) is 0.556. The van der Waals surface area contributed by atoms with E-state index < -0.39 is 5.97 Å². The Morgan fingerprint density at radius 2 is 2.12 bits per heavy atom. The third-order valence-corrected chi connectivity index (χ3v) is 4.10. The summed E-state index contributed by atoms with van der Waals surface area (Å²) in [6, 6.07) is 9.78. The fourth-order valence-corrected chi connectivity index (χ4v) is 2.91. The monoisotopic (exact) mass is 335 g/mol. The molecule has 0 aliphatic heterocycles. The molecular weight excluding hydrogens is 318 g/mol. The molecule has 3 heterocycles. The van der Waals surface area contributed by atoms with Gasteiger partial charge in [0.1, 0.15) is 11.4 Å². The van der Waals surface area contributed by atoms with E-state index in [1.807, 2.05) is 31.2 Å². The van der Waals surface area contributed by atoms with Gasteiger partial charge in [-0.15, -0.1) is 0 Å². The molecule has 4 rings (SSSR count). The number of esters is 1. The molecule has 0 bridgehead atoms. The zero-order valence-corrected chi connectivity index (χ0v) is 13.8. The molecule has 0 spiro atoms. The first-order valence-electron chi connectivity index (χ1n) is 8.11. The van der Waals surface area contributed by atoms with Gasteiger partial charge in [-0.25, -0.2) is 19.3 Å². The smallest absolute Gasteiger partial charge is 0.343 e. The maximum Gasteiger partial charge on any atom is 0.343 e. The normalized spacial score (nSPS) is 11.2. The first-order valence-corrected chi connectivity index (χ1v) is 8.11. The summed E-state index contributed by atoms with van der Waals surface area (Å²) in [5.41, 5.74) is 2.96. The van der Waals surface area contributed by atoms with Gasteiger partial charge in [0.05, 0.1) is 23.8 Å². The lowest BCUT2D eigenvalue weighted by atomic mass is 10.3. The van der Waals surface area contributed by atoms with E-state index in [2.05, 4.69) is 19.6 Å². The van der Waals surface area contributed by atoms with Crippen LogP contribution in [0.4, 0.5) is 0 Å². The lowest BCUT2D eigenvalue weighted by molar-refractivity contribution is 0.0498. The van der Waals surface area contributed by atoms with Crippen LogP contribution in [0.5, 0.6) is 0 Å². The number of aryl methyl sites for hydroxylation is 2. The molecule has 0 N–H and O–H groups in total. The molecular formula is C18H17N5O2. The van der Waals surface area contributed by atoms with Gasteiger partial charge in [0.15, 0.2) is 5.65 Å². The topological polar surface area (TPSA) is 74.3 Å². The lowest BCUT2D eigenvalue weighted by Gasteiger charge is -2.07. The minimum Gasteiger partial charge on any atom is -0.462 e. The molecule has 4 aromatic rings. The van der Waals surface area contributed by atoms with Crippen molar-refractivity contribution in [2.24, 2.45) is 0 Å². The van der Waals surface area contributed by atoms with Gasteiger partial charge >= 0.3 is 5.97 Å². The number of ether oxygens (including phenoxy) is 1. The standard InChI is InChI=1S/C18H17N5O2/c1-13-21-15-6-2-3-7-16(15)22(13)9-5-11-25-18(24)14-12-20-23-10-4-8-19-17(14)23/h2-4,6-8,10,12H,5,9,11H2,1H3. The molecule has 0 saturated heterocycles. The van der Waals surface area contributed by atoms with Crippen molar-refractivity contribution in [2.75, 3.05) is 6.61 Å². The highest BCUT2D eigenvalue weighted by Crippen LogP contribution is 2.16. The van der Waals surface area contributed by atoms with Gasteiger partial charge in [0.2, 0.25) is 0 Å². The molecule has 0 amide bonds. The molecule has 126 valence electrons. The molecule has 0 unspecified atom stereocenters. The third kappa shape index (κ3) is 2.84. The number of hydrogen-bond donors (Lipinski definition) is 0. The minimum absolute atomic E-state index is 0.328. The van der Waals surface area contributed by atoms with E-state index in [4.69, 9.17) is 4.74 Å². The van der Waals surface area contributed by atoms with E-state index in [1.165, 1.54) is 6.20 Å². The van der Waals surface area contributed by atoms with Crippen molar-refractivity contribution in [3.63, 3.8) is 0 Å². The van der Waals surface area contributed by atoms with Crippen LogP contribution in [0.3, 0.4) is 0 Å². The zero-order valence-electron chi connectivity index (χ0n) is 13.8. The number of para-hydroxylation sites is 2. The Kier molecular flexibility index (Phi) is 3.89. The average molecular weight is 335 g/mol. The van der Waals surface area contributed by atoms with E-state index >= 15 is 0 Å². The molecule has 25 heavy (non-hydrogen) atoms. The molecule has 0 aliphatic rings. The SMILES string of the molecule is Cc1nc2ccccc2n1CCCOC(=O)c1cnn2cccnc12. The Balaban J connectivity index is 1.39. The first kappa shape index (κ1) is 15.3. The molecule has 0 atom stereocenters. The Hall–Kier alpha value is -3.22. The van der Waals surface area contributed by atoms with Crippen molar-refractivity contribution >= 4 is 22.6 Å². The molecule has 0 radical (unpaired) electrons. The molecule has 0 fully saturated rings. The van der Waals surface area contributed by atoms with Crippen LogP contribution in [0.15, 0.2) is 48.9 Å². The van der Waals surface area contributed by atoms with Crippen molar-refractivity contribution in [3.8, 4) is 0 Å². The number of fused-ring (bicyclic) bond motifs is 2. The van der Waals surface area contributed by atoms with Gasteiger partial charge in [-0.1, -0.05) is 12.1 Å². The van der Waals surface area contributed by atoms with Crippen LogP contribution in [0, 0.1) is 6.92 Å². The summed E-state index contributed by atoms with van der Waals surface area (Å²) in [6.45, 7) is 3.05. The van der Waals surface area contributed by atoms with Crippen LogP contribution in [0.1, 0.15) is 22.6 Å². The number of carbonyl (C=O) groups is 1. The largest absolute Gasteiger partial charge is 0.462 e. The maximum atomic E-state index is 12.2. The van der Waals surface area contributed by atoms with Crippen molar-refractivity contribution in [2.45, 2.75) is 19.9 Å². The highest BCUT2D eigenvalue weighted by molar-refractivity contribution is 5.95. The number of carbonyl (C=O) groups excluding carboxylic acids is 1. The Labute approximate surface area is 143 Å². The molecule has 7 heteroatoms.